The van der Waals surface area contributed by atoms with Crippen molar-refractivity contribution in [3.05, 3.63) is 194 Å². The van der Waals surface area contributed by atoms with Crippen molar-refractivity contribution in [2.75, 3.05) is 39.6 Å². The van der Waals surface area contributed by atoms with Crippen LogP contribution >= 0.6 is 15.6 Å². The van der Waals surface area contributed by atoms with Gasteiger partial charge in [0.15, 0.2) is 12.2 Å². The lowest BCUT2D eigenvalue weighted by atomic mass is 10.1. The fourth-order valence-electron chi connectivity index (χ4n) is 10.3. The summed E-state index contributed by atoms with van der Waals surface area (Å²) < 4.78 is 68.7. The van der Waals surface area contributed by atoms with E-state index in [9.17, 15) is 43.2 Å². The standard InChI is InChI=1S/C91H146O17P2/c1-5-9-13-17-21-25-29-33-37-40-42-45-49-52-56-60-64-68-72-76-89(94)102-82-87(108-91(96)78-74-70-66-62-58-54-50-46-43-41-38-34-30-26-22-18-14-10-6-2)84-106-110(99,100)104-80-85(92)79-103-109(97,98)105-83-86(107-90(95)77-73-69-65-61-57-53-47-36-32-28-24-20-16-12-8-4)81-101-88(93)75-71-67-63-59-55-51-48-44-39-35-31-27-23-19-15-11-7-3/h9-11,13-15,21-28,33-39,42-43,45-48,51-52,54,56,58,85-87,92H,5-8,12,16-20,29-32,40-41,44,49-50,53,55,57,59-84H2,1-4H3,(H,97,98)(H,99,100)/b13-9-,14-10-,15-11-,25-21-,26-22-,27-23-,28-24-,37-33-,38-34-,39-35-,45-42-,46-43-,47-36-,51-48-,56-52-,58-54-. The Morgan fingerprint density at radius 1 is 0.264 bits per heavy atom. The Bertz CT molecular complexity index is 2850. The average Bonchev–Trinajstić information content (AvgIpc) is 0.900. The monoisotopic (exact) mass is 1570 g/mol. The molecule has 0 spiro atoms. The van der Waals surface area contributed by atoms with E-state index >= 15 is 0 Å². The number of hydrogen-bond acceptors (Lipinski definition) is 15. The number of esters is 4. The molecule has 0 aromatic rings. The minimum atomic E-state index is -5.01. The number of carbonyl (C=O) groups is 4. The summed E-state index contributed by atoms with van der Waals surface area (Å²) in [4.78, 5) is 73.2. The molecule has 5 atom stereocenters. The van der Waals surface area contributed by atoms with Crippen molar-refractivity contribution in [3.63, 3.8) is 0 Å². The second-order valence-electron chi connectivity index (χ2n) is 26.9. The minimum absolute atomic E-state index is 0.0391. The van der Waals surface area contributed by atoms with Crippen LogP contribution in [0.1, 0.15) is 297 Å². The SMILES string of the molecule is CC/C=C\C/C=C\C/C=C\C/C=C\C/C=C\CCCCCC(=O)OCC(COP(=O)(O)OCC(O)COP(=O)(O)OCC(COC(=O)CCCCCC/C=C\C/C=C\C/C=C\C/C=C\CC)OC(=O)CCCCCCC/C=C\C/C=C\CCCCC)OC(=O)CCCCC/C=C\C/C=C\C/C=C\C/C=C\C/C=C\CC. The van der Waals surface area contributed by atoms with Crippen LogP contribution in [-0.4, -0.2) is 96.7 Å². The predicted molar refractivity (Wildman–Crippen MR) is 454 cm³/mol. The van der Waals surface area contributed by atoms with Gasteiger partial charge in [0.1, 0.15) is 19.3 Å². The normalized spacial score (nSPS) is 14.8. The van der Waals surface area contributed by atoms with Gasteiger partial charge in [-0.15, -0.1) is 0 Å². The molecule has 0 heterocycles. The Hall–Kier alpha value is -6.10. The lowest BCUT2D eigenvalue weighted by molar-refractivity contribution is -0.161. The maximum Gasteiger partial charge on any atom is 0.472 e. The molecule has 0 fully saturated rings. The zero-order chi connectivity index (χ0) is 80.3. The summed E-state index contributed by atoms with van der Waals surface area (Å²) in [5.41, 5.74) is 0. The van der Waals surface area contributed by atoms with E-state index in [1.807, 2.05) is 0 Å². The number of carbonyl (C=O) groups excluding carboxylic acids is 4. The van der Waals surface area contributed by atoms with Gasteiger partial charge in [-0.3, -0.25) is 37.3 Å². The van der Waals surface area contributed by atoms with E-state index in [4.69, 9.17) is 37.0 Å². The Balaban J connectivity index is 5.51. The van der Waals surface area contributed by atoms with Gasteiger partial charge in [-0.1, -0.05) is 280 Å². The van der Waals surface area contributed by atoms with Gasteiger partial charge >= 0.3 is 39.5 Å². The molecule has 622 valence electrons. The highest BCUT2D eigenvalue weighted by Gasteiger charge is 2.30. The lowest BCUT2D eigenvalue weighted by Crippen LogP contribution is -2.30. The van der Waals surface area contributed by atoms with Crippen LogP contribution in [0.4, 0.5) is 0 Å². The van der Waals surface area contributed by atoms with Crippen LogP contribution in [-0.2, 0) is 65.4 Å². The summed E-state index contributed by atoms with van der Waals surface area (Å²) in [6.07, 6.45) is 99.7. The molecule has 3 N–H and O–H groups in total. The van der Waals surface area contributed by atoms with Gasteiger partial charge in [0.05, 0.1) is 26.4 Å². The number of hydrogen-bond donors (Lipinski definition) is 3. The van der Waals surface area contributed by atoms with Gasteiger partial charge in [-0.25, -0.2) is 9.13 Å². The van der Waals surface area contributed by atoms with E-state index < -0.39 is 97.5 Å². The number of aliphatic hydroxyl groups excluding tert-OH is 1. The quantitative estimate of drug-likeness (QED) is 0.0169. The highest BCUT2D eigenvalue weighted by atomic mass is 31.2. The van der Waals surface area contributed by atoms with Crippen LogP contribution in [0, 0.1) is 0 Å². The van der Waals surface area contributed by atoms with Gasteiger partial charge in [-0.05, 0) is 186 Å². The van der Waals surface area contributed by atoms with Crippen molar-refractivity contribution in [2.24, 2.45) is 0 Å². The average molecular weight is 1570 g/mol. The third kappa shape index (κ3) is 80.0. The number of phosphoric acid groups is 2. The highest BCUT2D eigenvalue weighted by molar-refractivity contribution is 7.47. The molecule has 0 amide bonds. The Morgan fingerprint density at radius 3 is 0.736 bits per heavy atom. The summed E-state index contributed by atoms with van der Waals surface area (Å²) in [6, 6.07) is 0. The summed E-state index contributed by atoms with van der Waals surface area (Å²) in [5, 5.41) is 10.7. The first-order chi connectivity index (χ1) is 53.7. The zero-order valence-electron chi connectivity index (χ0n) is 68.1. The van der Waals surface area contributed by atoms with E-state index in [0.717, 1.165) is 199 Å². The number of aliphatic hydroxyl groups is 1. The van der Waals surface area contributed by atoms with Crippen molar-refractivity contribution in [2.45, 2.75) is 316 Å². The number of allylic oxidation sites excluding steroid dienone is 32. The zero-order valence-corrected chi connectivity index (χ0v) is 69.9. The molecule has 0 aliphatic carbocycles. The molecule has 19 heteroatoms. The molecule has 0 saturated heterocycles. The third-order valence-corrected chi connectivity index (χ3v) is 18.4. The molecule has 0 aliphatic rings. The molecule has 17 nitrogen and oxygen atoms in total. The van der Waals surface area contributed by atoms with E-state index in [1.54, 1.807) is 0 Å². The number of ether oxygens (including phenoxy) is 4. The largest absolute Gasteiger partial charge is 0.472 e. The molecule has 0 rings (SSSR count). The first kappa shape index (κ1) is 104. The molecule has 0 radical (unpaired) electrons. The van der Waals surface area contributed by atoms with Crippen LogP contribution in [0.3, 0.4) is 0 Å². The van der Waals surface area contributed by atoms with E-state index in [0.29, 0.717) is 25.7 Å². The summed E-state index contributed by atoms with van der Waals surface area (Å²) in [5.74, 6) is -2.31. The molecule has 0 aromatic heterocycles. The number of rotatable bonds is 76. The van der Waals surface area contributed by atoms with Crippen molar-refractivity contribution in [1.29, 1.82) is 0 Å². The van der Waals surface area contributed by atoms with Crippen LogP contribution in [0.2, 0.25) is 0 Å². The Labute approximate surface area is 666 Å². The van der Waals surface area contributed by atoms with E-state index in [2.05, 4.69) is 222 Å². The second kappa shape index (κ2) is 80.9. The Morgan fingerprint density at radius 2 is 0.473 bits per heavy atom. The summed E-state index contributed by atoms with van der Waals surface area (Å²) in [6.45, 7) is 4.38. The minimum Gasteiger partial charge on any atom is -0.462 e. The summed E-state index contributed by atoms with van der Waals surface area (Å²) >= 11 is 0. The smallest absolute Gasteiger partial charge is 0.462 e. The summed E-state index contributed by atoms with van der Waals surface area (Å²) in [7, 11) is -10.0. The number of unbranched alkanes of at least 4 members (excludes halogenated alkanes) is 18. The maximum absolute atomic E-state index is 13.1. The van der Waals surface area contributed by atoms with Crippen LogP contribution in [0.15, 0.2) is 194 Å². The highest BCUT2D eigenvalue weighted by Crippen LogP contribution is 2.45. The van der Waals surface area contributed by atoms with E-state index in [-0.39, 0.29) is 25.7 Å². The predicted octanol–water partition coefficient (Wildman–Crippen LogP) is 24.9. The molecule has 0 aromatic carbocycles. The van der Waals surface area contributed by atoms with Crippen LogP contribution < -0.4 is 0 Å². The van der Waals surface area contributed by atoms with Crippen molar-refractivity contribution in [1.82, 2.24) is 0 Å². The van der Waals surface area contributed by atoms with Crippen molar-refractivity contribution >= 4 is 39.5 Å². The molecular formula is C91H146O17P2. The lowest BCUT2D eigenvalue weighted by Gasteiger charge is -2.21. The molecule has 0 saturated carbocycles. The number of phosphoric ester groups is 2. The van der Waals surface area contributed by atoms with Gasteiger partial charge in [-0.2, -0.15) is 0 Å². The van der Waals surface area contributed by atoms with Crippen LogP contribution in [0.5, 0.6) is 0 Å². The fraction of sp³-hybridized carbons (Fsp3) is 0.604. The van der Waals surface area contributed by atoms with Gasteiger partial charge in [0.2, 0.25) is 0 Å². The van der Waals surface area contributed by atoms with Crippen molar-refractivity contribution in [3.8, 4) is 0 Å². The molecule has 5 unspecified atom stereocenters. The van der Waals surface area contributed by atoms with Gasteiger partial charge in [0.25, 0.3) is 0 Å². The topological polar surface area (TPSA) is 237 Å². The van der Waals surface area contributed by atoms with Crippen molar-refractivity contribution < 1.29 is 80.2 Å². The van der Waals surface area contributed by atoms with Gasteiger partial charge in [0, 0.05) is 25.7 Å². The van der Waals surface area contributed by atoms with Gasteiger partial charge < -0.3 is 33.8 Å². The van der Waals surface area contributed by atoms with Crippen LogP contribution in [0.25, 0.3) is 0 Å². The maximum atomic E-state index is 13.1. The Kier molecular flexibility index (Phi) is 76.4. The fourth-order valence-corrected chi connectivity index (χ4v) is 11.9. The molecule has 0 aliphatic heterocycles. The molecule has 0 bridgehead atoms. The first-order valence-corrected chi connectivity index (χ1v) is 44.7. The third-order valence-electron chi connectivity index (χ3n) is 16.5. The second-order valence-corrected chi connectivity index (χ2v) is 29.8. The molecular weight excluding hydrogens is 1430 g/mol. The first-order valence-electron chi connectivity index (χ1n) is 41.7. The van der Waals surface area contributed by atoms with E-state index in [1.165, 1.54) is 19.3 Å². The molecule has 110 heavy (non-hydrogen) atoms.